The van der Waals surface area contributed by atoms with Gasteiger partial charge in [-0.25, -0.2) is 0 Å². The number of aliphatic hydroxyl groups is 1. The number of carbonyl (C=O) groups is 2. The number of amides is 2. The molecule has 0 bridgehead atoms. The summed E-state index contributed by atoms with van der Waals surface area (Å²) >= 11 is 18.3. The van der Waals surface area contributed by atoms with Gasteiger partial charge in [0.2, 0.25) is 0 Å². The molecule has 0 aromatic heterocycles. The Labute approximate surface area is 255 Å². The Morgan fingerprint density at radius 1 is 0.854 bits per heavy atom. The van der Waals surface area contributed by atoms with Crippen molar-refractivity contribution in [3.8, 4) is 0 Å². The number of aliphatic hydroxyl groups excluding tert-OH is 1. The van der Waals surface area contributed by atoms with Crippen LogP contribution in [0.25, 0.3) is 0 Å². The second-order valence-corrected chi connectivity index (χ2v) is 10.9. The van der Waals surface area contributed by atoms with Crippen LogP contribution in [-0.2, 0) is 11.2 Å². The van der Waals surface area contributed by atoms with Gasteiger partial charge in [0.05, 0.1) is 31.2 Å². The molecule has 0 aliphatic carbocycles. The number of rotatable bonds is 12. The molecule has 218 valence electrons. The summed E-state index contributed by atoms with van der Waals surface area (Å²) in [6.45, 7) is 5.21. The van der Waals surface area contributed by atoms with Crippen molar-refractivity contribution in [3.05, 3.63) is 92.4 Å². The van der Waals surface area contributed by atoms with E-state index in [0.29, 0.717) is 58.1 Å². The van der Waals surface area contributed by atoms with Crippen molar-refractivity contribution >= 4 is 58.0 Å². The van der Waals surface area contributed by atoms with Crippen molar-refractivity contribution in [3.63, 3.8) is 0 Å². The number of halogens is 3. The van der Waals surface area contributed by atoms with Crippen LogP contribution in [0, 0.1) is 0 Å². The fourth-order valence-corrected chi connectivity index (χ4v) is 5.28. The molecular weight excluding hydrogens is 587 g/mol. The second kappa shape index (κ2) is 15.4. The van der Waals surface area contributed by atoms with Crippen LogP contribution in [0.5, 0.6) is 0 Å². The predicted molar refractivity (Wildman–Crippen MR) is 165 cm³/mol. The summed E-state index contributed by atoms with van der Waals surface area (Å²) in [5, 5.41) is 16.4. The average molecular weight is 620 g/mol. The first kappa shape index (κ1) is 31.1. The topological polar surface area (TPSA) is 94.1 Å². The SMILES string of the molecule is O=C(NCCc1ccc(Cl)cc1Cl)c1ccc(N2CCN(CCOCCO)CC2)c(NC(=O)c2cccc(Cl)c2)c1. The van der Waals surface area contributed by atoms with Crippen LogP contribution in [-0.4, -0.2) is 80.9 Å². The first-order valence-corrected chi connectivity index (χ1v) is 14.6. The van der Waals surface area contributed by atoms with Crippen molar-refractivity contribution in [1.29, 1.82) is 0 Å². The summed E-state index contributed by atoms with van der Waals surface area (Å²) in [7, 11) is 0. The number of benzene rings is 3. The molecule has 1 heterocycles. The standard InChI is InChI=1S/C30H33Cl3N4O4/c31-24-3-1-2-22(18-24)30(40)35-27-19-23(29(39)34-9-8-21-4-6-25(32)20-26(21)33)5-7-28(27)37-12-10-36(11-13-37)14-16-41-17-15-38/h1-7,18-20,38H,8-17H2,(H,34,39)(H,35,40). The van der Waals surface area contributed by atoms with E-state index in [1.54, 1.807) is 48.5 Å². The molecule has 8 nitrogen and oxygen atoms in total. The van der Waals surface area contributed by atoms with Gasteiger partial charge in [-0.05, 0) is 60.5 Å². The van der Waals surface area contributed by atoms with E-state index in [1.165, 1.54) is 0 Å². The largest absolute Gasteiger partial charge is 0.394 e. The van der Waals surface area contributed by atoms with Crippen molar-refractivity contribution in [1.82, 2.24) is 10.2 Å². The monoisotopic (exact) mass is 618 g/mol. The molecule has 1 saturated heterocycles. The second-order valence-electron chi connectivity index (χ2n) is 9.60. The molecule has 3 N–H and O–H groups in total. The number of nitrogens with one attached hydrogen (secondary N) is 2. The van der Waals surface area contributed by atoms with Crippen molar-refractivity contribution in [2.24, 2.45) is 0 Å². The smallest absolute Gasteiger partial charge is 0.255 e. The summed E-state index contributed by atoms with van der Waals surface area (Å²) in [6.07, 6.45) is 0.549. The van der Waals surface area contributed by atoms with Crippen molar-refractivity contribution in [2.75, 3.05) is 69.3 Å². The van der Waals surface area contributed by atoms with Gasteiger partial charge in [0.15, 0.2) is 0 Å². The normalized spacial score (nSPS) is 13.7. The predicted octanol–water partition coefficient (Wildman–Crippen LogP) is 5.00. The van der Waals surface area contributed by atoms with E-state index in [9.17, 15) is 9.59 Å². The van der Waals surface area contributed by atoms with Gasteiger partial charge in [0.25, 0.3) is 11.8 Å². The zero-order chi connectivity index (χ0) is 29.2. The van der Waals surface area contributed by atoms with E-state index < -0.39 is 0 Å². The Hall–Kier alpha value is -2.85. The van der Waals surface area contributed by atoms with Crippen LogP contribution in [0.2, 0.25) is 15.1 Å². The highest BCUT2D eigenvalue weighted by Gasteiger charge is 2.21. The molecule has 1 fully saturated rings. The minimum Gasteiger partial charge on any atom is -0.394 e. The molecular formula is C30H33Cl3N4O4. The maximum Gasteiger partial charge on any atom is 0.255 e. The zero-order valence-corrected chi connectivity index (χ0v) is 24.8. The minimum atomic E-state index is -0.316. The first-order chi connectivity index (χ1) is 19.8. The summed E-state index contributed by atoms with van der Waals surface area (Å²) in [6, 6.07) is 17.4. The fourth-order valence-electron chi connectivity index (χ4n) is 4.59. The van der Waals surface area contributed by atoms with Crippen LogP contribution < -0.4 is 15.5 Å². The van der Waals surface area contributed by atoms with Gasteiger partial charge >= 0.3 is 0 Å². The van der Waals surface area contributed by atoms with E-state index in [4.69, 9.17) is 44.6 Å². The Kier molecular flexibility index (Phi) is 11.7. The molecule has 0 spiro atoms. The van der Waals surface area contributed by atoms with Crippen LogP contribution in [0.1, 0.15) is 26.3 Å². The van der Waals surface area contributed by atoms with Gasteiger partial charge in [-0.15, -0.1) is 0 Å². The lowest BCUT2D eigenvalue weighted by molar-refractivity contribution is 0.0724. The van der Waals surface area contributed by atoms with Crippen molar-refractivity contribution in [2.45, 2.75) is 6.42 Å². The molecule has 0 unspecified atom stereocenters. The van der Waals surface area contributed by atoms with E-state index in [-0.39, 0.29) is 18.4 Å². The summed E-state index contributed by atoms with van der Waals surface area (Å²) in [4.78, 5) is 30.7. The van der Waals surface area contributed by atoms with E-state index in [1.807, 2.05) is 12.1 Å². The molecule has 3 aromatic carbocycles. The van der Waals surface area contributed by atoms with Gasteiger partial charge in [-0.2, -0.15) is 0 Å². The van der Waals surface area contributed by atoms with Gasteiger partial charge in [-0.3, -0.25) is 14.5 Å². The lowest BCUT2D eigenvalue weighted by atomic mass is 10.1. The Balaban J connectivity index is 1.46. The first-order valence-electron chi connectivity index (χ1n) is 13.4. The molecule has 3 aromatic rings. The third-order valence-electron chi connectivity index (χ3n) is 6.79. The van der Waals surface area contributed by atoms with Crippen LogP contribution in [0.4, 0.5) is 11.4 Å². The highest BCUT2D eigenvalue weighted by Crippen LogP contribution is 2.29. The van der Waals surface area contributed by atoms with Crippen LogP contribution in [0.3, 0.4) is 0 Å². The Morgan fingerprint density at radius 3 is 2.34 bits per heavy atom. The number of hydrogen-bond acceptors (Lipinski definition) is 6. The fraction of sp³-hybridized carbons (Fsp3) is 0.333. The van der Waals surface area contributed by atoms with Crippen molar-refractivity contribution < 1.29 is 19.4 Å². The van der Waals surface area contributed by atoms with E-state index >= 15 is 0 Å². The summed E-state index contributed by atoms with van der Waals surface area (Å²) in [5.41, 5.74) is 3.12. The highest BCUT2D eigenvalue weighted by atomic mass is 35.5. The molecule has 0 atom stereocenters. The summed E-state index contributed by atoms with van der Waals surface area (Å²) in [5.74, 6) is -0.573. The van der Waals surface area contributed by atoms with E-state index in [2.05, 4.69) is 20.4 Å². The molecule has 4 rings (SSSR count). The van der Waals surface area contributed by atoms with Gasteiger partial charge in [0.1, 0.15) is 0 Å². The molecule has 0 radical (unpaired) electrons. The Morgan fingerprint density at radius 2 is 1.61 bits per heavy atom. The number of hydrogen-bond donors (Lipinski definition) is 3. The van der Waals surface area contributed by atoms with Crippen LogP contribution >= 0.6 is 34.8 Å². The number of anilines is 2. The van der Waals surface area contributed by atoms with Gasteiger partial charge in [-0.1, -0.05) is 46.9 Å². The highest BCUT2D eigenvalue weighted by molar-refractivity contribution is 6.35. The molecule has 1 aliphatic heterocycles. The number of nitrogens with zero attached hydrogens (tertiary/aromatic N) is 2. The minimum absolute atomic E-state index is 0.0161. The average Bonchev–Trinajstić information content (AvgIpc) is 2.97. The summed E-state index contributed by atoms with van der Waals surface area (Å²) < 4.78 is 5.40. The lowest BCUT2D eigenvalue weighted by Gasteiger charge is -2.37. The maximum absolute atomic E-state index is 13.1. The molecule has 0 saturated carbocycles. The number of piperazine rings is 1. The Bertz CT molecular complexity index is 1350. The van der Waals surface area contributed by atoms with Crippen LogP contribution in [0.15, 0.2) is 60.7 Å². The van der Waals surface area contributed by atoms with Gasteiger partial charge in [0, 0.05) is 65.5 Å². The maximum atomic E-state index is 13.1. The molecule has 11 heteroatoms. The molecule has 1 aliphatic rings. The molecule has 41 heavy (non-hydrogen) atoms. The third kappa shape index (κ3) is 9.07. The quantitative estimate of drug-likeness (QED) is 0.247. The molecule has 2 amide bonds. The number of ether oxygens (including phenoxy) is 1. The third-order valence-corrected chi connectivity index (χ3v) is 7.61. The lowest BCUT2D eigenvalue weighted by Crippen LogP contribution is -2.47. The number of carbonyl (C=O) groups excluding carboxylic acids is 2. The zero-order valence-electron chi connectivity index (χ0n) is 22.5. The van der Waals surface area contributed by atoms with E-state index in [0.717, 1.165) is 44.0 Å². The van der Waals surface area contributed by atoms with Gasteiger partial charge < -0.3 is 25.4 Å².